The van der Waals surface area contributed by atoms with Crippen LogP contribution >= 0.6 is 7.82 Å². The fourth-order valence-corrected chi connectivity index (χ4v) is 9.88. The minimum absolute atomic E-state index is 0.0198. The molecule has 0 bridgehead atoms. The fourth-order valence-electron chi connectivity index (χ4n) is 9.14. The van der Waals surface area contributed by atoms with Crippen LogP contribution < -0.4 is 0 Å². The summed E-state index contributed by atoms with van der Waals surface area (Å²) in [6, 6.07) is 0. The summed E-state index contributed by atoms with van der Waals surface area (Å²) in [6.45, 7) is 4.18. The van der Waals surface area contributed by atoms with Crippen LogP contribution in [0.25, 0.3) is 0 Å². The van der Waals surface area contributed by atoms with Crippen molar-refractivity contribution in [3.05, 3.63) is 146 Å². The van der Waals surface area contributed by atoms with Gasteiger partial charge < -0.3 is 18.9 Å². The van der Waals surface area contributed by atoms with Crippen LogP contribution in [-0.4, -0.2) is 74.9 Å². The van der Waals surface area contributed by atoms with Crippen molar-refractivity contribution in [3.8, 4) is 0 Å². The van der Waals surface area contributed by atoms with Gasteiger partial charge in [0.25, 0.3) is 0 Å². The first-order valence-electron chi connectivity index (χ1n) is 34.6. The van der Waals surface area contributed by atoms with Gasteiger partial charge in [0.2, 0.25) is 0 Å². The summed E-state index contributed by atoms with van der Waals surface area (Å²) in [5, 5.41) is 0. The van der Waals surface area contributed by atoms with Crippen LogP contribution in [0.3, 0.4) is 0 Å². The van der Waals surface area contributed by atoms with E-state index in [-0.39, 0.29) is 32.0 Å². The number of rotatable bonds is 62. The average Bonchev–Trinajstić information content (AvgIpc) is 3.67. The molecule has 0 aromatic carbocycles. The highest BCUT2D eigenvalue weighted by atomic mass is 31.2. The van der Waals surface area contributed by atoms with Crippen molar-refractivity contribution in [2.24, 2.45) is 0 Å². The summed E-state index contributed by atoms with van der Waals surface area (Å²) in [4.78, 5) is 35.9. The van der Waals surface area contributed by atoms with Crippen molar-refractivity contribution >= 4 is 19.8 Å². The van der Waals surface area contributed by atoms with Crippen molar-refractivity contribution in [3.63, 3.8) is 0 Å². The number of nitrogens with zero attached hydrogens (tertiary/aromatic N) is 1. The number of ether oxygens (including phenoxy) is 2. The Bertz CT molecular complexity index is 1960. The highest BCUT2D eigenvalue weighted by Crippen LogP contribution is 2.43. The van der Waals surface area contributed by atoms with E-state index >= 15 is 0 Å². The van der Waals surface area contributed by atoms with E-state index in [0.717, 1.165) is 122 Å². The second kappa shape index (κ2) is 65.3. The molecule has 0 spiro atoms. The lowest BCUT2D eigenvalue weighted by molar-refractivity contribution is -0.870. The van der Waals surface area contributed by atoms with Crippen molar-refractivity contribution in [2.75, 3.05) is 47.5 Å². The summed E-state index contributed by atoms with van der Waals surface area (Å²) in [5.41, 5.74) is 0. The Morgan fingerprint density at radius 1 is 0.360 bits per heavy atom. The third kappa shape index (κ3) is 69.0. The standard InChI is InChI=1S/C76H128NO8P/c1-6-8-10-12-14-16-18-20-22-24-26-28-30-32-34-36-37-38-39-41-42-44-46-48-50-52-54-56-58-60-62-64-66-68-75(78)82-72-74(73-84-86(80,81)83-71-70-77(3,4)5)85-76(79)69-67-65-63-61-59-57-55-53-51-49-47-45-43-40-35-33-31-29-27-25-23-21-19-17-15-13-11-9-7-2/h8-11,14-17,20-23,26-29,33,35,43,45,49,51,55,57,74H,6-7,12-13,18-19,24-25,30-32,34,36-42,44,46-48,50,52-54,56,58-73H2,1-5H3/p+1/b10-8-,11-9-,16-14-,17-15-,22-20-,23-21-,28-26-,29-27-,35-33-,45-43-,51-49-,57-55-. The number of unbranched alkanes of at least 4 members (excludes halogenated alkanes) is 24. The fraction of sp³-hybridized carbons (Fsp3) is 0.658. The number of hydrogen-bond acceptors (Lipinski definition) is 7. The molecule has 0 aromatic heterocycles. The largest absolute Gasteiger partial charge is 0.472 e. The van der Waals surface area contributed by atoms with E-state index < -0.39 is 26.5 Å². The maximum absolute atomic E-state index is 12.9. The summed E-state index contributed by atoms with van der Waals surface area (Å²) >= 11 is 0. The number of carbonyl (C=O) groups excluding carboxylic acids is 2. The van der Waals surface area contributed by atoms with Crippen molar-refractivity contribution in [1.82, 2.24) is 0 Å². The Morgan fingerprint density at radius 3 is 0.930 bits per heavy atom. The molecule has 0 radical (unpaired) electrons. The van der Waals surface area contributed by atoms with Gasteiger partial charge in [-0.25, -0.2) is 4.57 Å². The molecule has 0 heterocycles. The Hall–Kier alpha value is -4.11. The number of likely N-dealkylation sites (N-methyl/N-ethyl adjacent to an activating group) is 1. The van der Waals surface area contributed by atoms with Gasteiger partial charge in [0, 0.05) is 12.8 Å². The molecule has 0 aliphatic heterocycles. The molecule has 86 heavy (non-hydrogen) atoms. The average molecular weight is 1220 g/mol. The van der Waals surface area contributed by atoms with Crippen molar-refractivity contribution in [1.29, 1.82) is 0 Å². The van der Waals surface area contributed by atoms with Gasteiger partial charge in [0.15, 0.2) is 6.10 Å². The first-order chi connectivity index (χ1) is 42.0. The zero-order valence-electron chi connectivity index (χ0n) is 55.7. The van der Waals surface area contributed by atoms with E-state index in [9.17, 15) is 19.0 Å². The van der Waals surface area contributed by atoms with Gasteiger partial charge in [0.1, 0.15) is 19.8 Å². The van der Waals surface area contributed by atoms with Crippen LogP contribution in [0.1, 0.15) is 271 Å². The number of quaternary nitrogens is 1. The highest BCUT2D eigenvalue weighted by Gasteiger charge is 2.27. The second-order valence-corrected chi connectivity index (χ2v) is 25.3. The lowest BCUT2D eigenvalue weighted by Gasteiger charge is -2.24. The normalized spacial score (nSPS) is 14.1. The molecule has 10 heteroatoms. The molecule has 490 valence electrons. The van der Waals surface area contributed by atoms with Crippen LogP contribution in [0.5, 0.6) is 0 Å². The van der Waals surface area contributed by atoms with Crippen LogP contribution in [0.4, 0.5) is 0 Å². The predicted molar refractivity (Wildman–Crippen MR) is 371 cm³/mol. The van der Waals surface area contributed by atoms with E-state index in [2.05, 4.69) is 160 Å². The van der Waals surface area contributed by atoms with Gasteiger partial charge in [-0.1, -0.05) is 288 Å². The van der Waals surface area contributed by atoms with E-state index in [1.165, 1.54) is 116 Å². The molecule has 0 saturated carbocycles. The summed E-state index contributed by atoms with van der Waals surface area (Å²) < 4.78 is 34.7. The Morgan fingerprint density at radius 2 is 0.628 bits per heavy atom. The van der Waals surface area contributed by atoms with Crippen LogP contribution in [-0.2, 0) is 32.7 Å². The van der Waals surface area contributed by atoms with Gasteiger partial charge in [-0.2, -0.15) is 0 Å². The van der Waals surface area contributed by atoms with Gasteiger partial charge >= 0.3 is 19.8 Å². The molecule has 2 atom stereocenters. The van der Waals surface area contributed by atoms with Crippen LogP contribution in [0.2, 0.25) is 0 Å². The van der Waals surface area contributed by atoms with Gasteiger partial charge in [-0.05, 0) is 116 Å². The number of allylic oxidation sites excluding steroid dienone is 24. The minimum Gasteiger partial charge on any atom is -0.462 e. The number of hydrogen-bond donors (Lipinski definition) is 1. The summed E-state index contributed by atoms with van der Waals surface area (Å²) in [7, 11) is 1.45. The van der Waals surface area contributed by atoms with E-state index in [1.807, 2.05) is 21.1 Å². The molecule has 0 aliphatic rings. The third-order valence-electron chi connectivity index (χ3n) is 14.4. The molecular formula is C76H129NO8P+. The van der Waals surface area contributed by atoms with Crippen LogP contribution in [0, 0.1) is 0 Å². The molecule has 2 unspecified atom stereocenters. The van der Waals surface area contributed by atoms with E-state index in [4.69, 9.17) is 18.5 Å². The van der Waals surface area contributed by atoms with Gasteiger partial charge in [-0.3, -0.25) is 18.6 Å². The molecule has 0 saturated heterocycles. The second-order valence-electron chi connectivity index (χ2n) is 23.8. The first-order valence-corrected chi connectivity index (χ1v) is 36.1. The molecular weight excluding hydrogens is 1090 g/mol. The number of phosphoric acid groups is 1. The van der Waals surface area contributed by atoms with E-state index in [0.29, 0.717) is 17.4 Å². The highest BCUT2D eigenvalue weighted by molar-refractivity contribution is 7.47. The monoisotopic (exact) mass is 1210 g/mol. The Balaban J connectivity index is 4.12. The van der Waals surface area contributed by atoms with E-state index in [1.54, 1.807) is 0 Å². The maximum Gasteiger partial charge on any atom is 0.472 e. The molecule has 0 aliphatic carbocycles. The van der Waals surface area contributed by atoms with Gasteiger partial charge in [-0.15, -0.1) is 0 Å². The number of esters is 2. The van der Waals surface area contributed by atoms with Crippen LogP contribution in [0.15, 0.2) is 146 Å². The summed E-state index contributed by atoms with van der Waals surface area (Å²) in [5.74, 6) is -0.828. The lowest BCUT2D eigenvalue weighted by Crippen LogP contribution is -2.37. The minimum atomic E-state index is -4.41. The zero-order chi connectivity index (χ0) is 62.6. The third-order valence-corrected chi connectivity index (χ3v) is 15.3. The quantitative estimate of drug-likeness (QED) is 0.0211. The Kier molecular flexibility index (Phi) is 62.2. The SMILES string of the molecule is CC/C=C\C/C=C\C/C=C\C/C=C\C/C=C\C/C=C\C/C=C\C/C=C\CCCCCCC(=O)OC(COC(=O)CCCCCCCCCCCCCCCCCCCCCC/C=C\C/C=C\C/C=C\C/C=C\CC)COP(=O)(O)OCC[N+](C)(C)C. The molecule has 0 amide bonds. The topological polar surface area (TPSA) is 108 Å². The zero-order valence-corrected chi connectivity index (χ0v) is 56.6. The predicted octanol–water partition coefficient (Wildman–Crippen LogP) is 22.6. The van der Waals surface area contributed by atoms with Gasteiger partial charge in [0.05, 0.1) is 27.7 Å². The molecule has 9 nitrogen and oxygen atoms in total. The Labute approximate surface area is 529 Å². The smallest absolute Gasteiger partial charge is 0.462 e. The molecule has 0 fully saturated rings. The first kappa shape index (κ1) is 81.9. The lowest BCUT2D eigenvalue weighted by atomic mass is 10.0. The maximum atomic E-state index is 12.9. The number of phosphoric ester groups is 1. The summed E-state index contributed by atoms with van der Waals surface area (Å²) in [6.07, 6.45) is 96.6. The molecule has 1 N–H and O–H groups in total. The van der Waals surface area contributed by atoms with Crippen molar-refractivity contribution in [2.45, 2.75) is 277 Å². The molecule has 0 rings (SSSR count). The van der Waals surface area contributed by atoms with Crippen molar-refractivity contribution < 1.29 is 42.1 Å². The number of carbonyl (C=O) groups is 2. The molecule has 0 aromatic rings.